The monoisotopic (exact) mass is 509 g/mol. The topological polar surface area (TPSA) is 106 Å². The summed E-state index contributed by atoms with van der Waals surface area (Å²) >= 11 is 0. The van der Waals surface area contributed by atoms with E-state index in [9.17, 15) is 17.6 Å². The number of hydrogen-bond donors (Lipinski definition) is 1. The van der Waals surface area contributed by atoms with Crippen molar-refractivity contribution < 1.29 is 22.3 Å². The van der Waals surface area contributed by atoms with Crippen LogP contribution < -0.4 is 9.46 Å². The van der Waals surface area contributed by atoms with E-state index >= 15 is 0 Å². The van der Waals surface area contributed by atoms with Gasteiger partial charge in [0.25, 0.3) is 15.9 Å². The van der Waals surface area contributed by atoms with Crippen LogP contribution in [-0.2, 0) is 10.0 Å². The summed E-state index contributed by atoms with van der Waals surface area (Å²) in [6.45, 7) is 3.36. The van der Waals surface area contributed by atoms with Crippen molar-refractivity contribution in [3.63, 3.8) is 0 Å². The minimum atomic E-state index is -4.04. The standard InChI is InChI=1S/C25H24FN5O4S/c1-16-11-20(23-28-22(15-31(23)14-16)25(32)30-9-3-4-10-30)17-12-21(24(35-2)27-13-17)29-36(33,34)19-7-5-18(26)6-8-19/h5-8,11-15,29H,3-4,9-10H2,1-2H3. The van der Waals surface area contributed by atoms with E-state index in [0.717, 1.165) is 43.6 Å². The van der Waals surface area contributed by atoms with E-state index in [0.29, 0.717) is 22.5 Å². The van der Waals surface area contributed by atoms with Crippen molar-refractivity contribution in [2.24, 2.45) is 0 Å². The number of sulfonamides is 1. The fourth-order valence-corrected chi connectivity index (χ4v) is 5.34. The number of benzene rings is 1. The lowest BCUT2D eigenvalue weighted by Gasteiger charge is -2.13. The first-order valence-corrected chi connectivity index (χ1v) is 12.8. The van der Waals surface area contributed by atoms with Gasteiger partial charge in [-0.25, -0.2) is 22.8 Å². The molecule has 4 aromatic rings. The minimum absolute atomic E-state index is 0.0707. The molecule has 0 saturated carbocycles. The van der Waals surface area contributed by atoms with E-state index in [1.54, 1.807) is 27.8 Å². The SMILES string of the molecule is COc1ncc(-c2cc(C)cn3cc(C(=O)N4CCCC4)nc23)cc1NS(=O)(=O)c1ccc(F)cc1. The van der Waals surface area contributed by atoms with E-state index < -0.39 is 15.8 Å². The Morgan fingerprint density at radius 3 is 2.53 bits per heavy atom. The maximum absolute atomic E-state index is 13.3. The number of halogens is 1. The zero-order chi connectivity index (χ0) is 25.4. The van der Waals surface area contributed by atoms with Gasteiger partial charge in [0.2, 0.25) is 5.88 Å². The first kappa shape index (κ1) is 23.7. The molecule has 1 aliphatic heterocycles. The number of hydrogen-bond acceptors (Lipinski definition) is 6. The molecule has 1 fully saturated rings. The molecule has 4 heterocycles. The van der Waals surface area contributed by atoms with E-state index in [-0.39, 0.29) is 22.4 Å². The molecule has 0 bridgehead atoms. The number of imidazole rings is 1. The number of nitrogens with zero attached hydrogens (tertiary/aromatic N) is 4. The number of aromatic nitrogens is 3. The summed E-state index contributed by atoms with van der Waals surface area (Å²) in [5.74, 6) is -0.581. The van der Waals surface area contributed by atoms with Gasteiger partial charge in [0.1, 0.15) is 22.8 Å². The van der Waals surface area contributed by atoms with Crippen LogP contribution in [-0.4, -0.2) is 53.8 Å². The molecule has 36 heavy (non-hydrogen) atoms. The molecule has 5 rings (SSSR count). The molecule has 3 aromatic heterocycles. The third-order valence-electron chi connectivity index (χ3n) is 6.02. The van der Waals surface area contributed by atoms with Crippen LogP contribution in [0.2, 0.25) is 0 Å². The van der Waals surface area contributed by atoms with Gasteiger partial charge in [-0.05, 0) is 61.7 Å². The van der Waals surface area contributed by atoms with Crippen molar-refractivity contribution in [2.75, 3.05) is 24.9 Å². The van der Waals surface area contributed by atoms with E-state index in [1.165, 1.54) is 19.2 Å². The molecule has 1 amide bonds. The molecule has 11 heteroatoms. The molecule has 1 N–H and O–H groups in total. The highest BCUT2D eigenvalue weighted by Gasteiger charge is 2.23. The number of aryl methyl sites for hydroxylation is 1. The van der Waals surface area contributed by atoms with Gasteiger partial charge < -0.3 is 14.0 Å². The summed E-state index contributed by atoms with van der Waals surface area (Å²) < 4.78 is 48.7. The van der Waals surface area contributed by atoms with Gasteiger partial charge in [0.15, 0.2) is 0 Å². The fourth-order valence-electron chi connectivity index (χ4n) is 4.29. The summed E-state index contributed by atoms with van der Waals surface area (Å²) in [6.07, 6.45) is 7.11. The largest absolute Gasteiger partial charge is 0.480 e. The van der Waals surface area contributed by atoms with Crippen molar-refractivity contribution >= 4 is 27.3 Å². The molecule has 0 atom stereocenters. The number of fused-ring (bicyclic) bond motifs is 1. The van der Waals surface area contributed by atoms with Gasteiger partial charge in [-0.2, -0.15) is 0 Å². The Labute approximate surface area is 207 Å². The molecule has 0 spiro atoms. The average molecular weight is 510 g/mol. The number of nitrogens with one attached hydrogen (secondary N) is 1. The summed E-state index contributed by atoms with van der Waals surface area (Å²) in [4.78, 5) is 23.5. The van der Waals surface area contributed by atoms with Gasteiger partial charge in [-0.3, -0.25) is 9.52 Å². The third-order valence-corrected chi connectivity index (χ3v) is 7.41. The van der Waals surface area contributed by atoms with Crippen LogP contribution in [0.25, 0.3) is 16.8 Å². The van der Waals surface area contributed by atoms with Crippen molar-refractivity contribution in [2.45, 2.75) is 24.7 Å². The van der Waals surface area contributed by atoms with Crippen LogP contribution in [0.4, 0.5) is 10.1 Å². The molecule has 1 aromatic carbocycles. The Morgan fingerprint density at radius 1 is 1.11 bits per heavy atom. The molecule has 1 aliphatic rings. The van der Waals surface area contributed by atoms with Gasteiger partial charge in [-0.1, -0.05) is 0 Å². The van der Waals surface area contributed by atoms with Gasteiger partial charge in [-0.15, -0.1) is 0 Å². The highest BCUT2D eigenvalue weighted by molar-refractivity contribution is 7.92. The predicted molar refractivity (Wildman–Crippen MR) is 132 cm³/mol. The third kappa shape index (κ3) is 4.49. The molecule has 9 nitrogen and oxygen atoms in total. The predicted octanol–water partition coefficient (Wildman–Crippen LogP) is 3.89. The molecule has 1 saturated heterocycles. The lowest BCUT2D eigenvalue weighted by Crippen LogP contribution is -2.27. The number of methoxy groups -OCH3 is 1. The minimum Gasteiger partial charge on any atom is -0.480 e. The number of anilines is 1. The number of ether oxygens (including phenoxy) is 1. The zero-order valence-electron chi connectivity index (χ0n) is 19.7. The maximum atomic E-state index is 13.3. The van der Waals surface area contributed by atoms with E-state index in [4.69, 9.17) is 4.74 Å². The van der Waals surface area contributed by atoms with Crippen LogP contribution in [0.1, 0.15) is 28.9 Å². The quantitative estimate of drug-likeness (QED) is 0.423. The molecule has 0 aliphatic carbocycles. The normalized spacial score (nSPS) is 13.8. The highest BCUT2D eigenvalue weighted by atomic mass is 32.2. The molecule has 0 unspecified atom stereocenters. The van der Waals surface area contributed by atoms with Crippen molar-refractivity contribution in [3.05, 3.63) is 72.1 Å². The lowest BCUT2D eigenvalue weighted by molar-refractivity contribution is 0.0787. The maximum Gasteiger partial charge on any atom is 0.274 e. The highest BCUT2D eigenvalue weighted by Crippen LogP contribution is 2.32. The number of likely N-dealkylation sites (tertiary alicyclic amines) is 1. The Bertz CT molecular complexity index is 1560. The summed E-state index contributed by atoms with van der Waals surface area (Å²) in [6, 6.07) is 7.99. The molecular formula is C25H24FN5O4S. The van der Waals surface area contributed by atoms with Crippen LogP contribution in [0, 0.1) is 12.7 Å². The lowest BCUT2D eigenvalue weighted by atomic mass is 10.1. The fraction of sp³-hybridized carbons (Fsp3) is 0.240. The second-order valence-corrected chi connectivity index (χ2v) is 10.3. The van der Waals surface area contributed by atoms with Gasteiger partial charge in [0, 0.05) is 42.8 Å². The Hall–Kier alpha value is -3.99. The summed E-state index contributed by atoms with van der Waals surface area (Å²) in [5, 5.41) is 0. The molecular weight excluding hydrogens is 485 g/mol. The summed E-state index contributed by atoms with van der Waals surface area (Å²) in [7, 11) is -2.65. The summed E-state index contributed by atoms with van der Waals surface area (Å²) in [5.41, 5.74) is 3.17. The van der Waals surface area contributed by atoms with Gasteiger partial charge in [0.05, 0.1) is 12.0 Å². The Kier molecular flexibility index (Phi) is 6.09. The zero-order valence-corrected chi connectivity index (χ0v) is 20.5. The smallest absolute Gasteiger partial charge is 0.274 e. The number of carbonyl (C=O) groups is 1. The second kappa shape index (κ2) is 9.23. The van der Waals surface area contributed by atoms with Crippen LogP contribution >= 0.6 is 0 Å². The Morgan fingerprint density at radius 2 is 1.83 bits per heavy atom. The van der Waals surface area contributed by atoms with Crippen molar-refractivity contribution in [1.29, 1.82) is 0 Å². The first-order chi connectivity index (χ1) is 17.2. The van der Waals surface area contributed by atoms with Crippen LogP contribution in [0.15, 0.2) is 59.9 Å². The van der Waals surface area contributed by atoms with Gasteiger partial charge >= 0.3 is 0 Å². The average Bonchev–Trinajstić information content (AvgIpc) is 3.53. The Balaban J connectivity index is 1.56. The molecule has 186 valence electrons. The first-order valence-electron chi connectivity index (χ1n) is 11.4. The van der Waals surface area contributed by atoms with Crippen molar-refractivity contribution in [1.82, 2.24) is 19.3 Å². The van der Waals surface area contributed by atoms with Crippen LogP contribution in [0.3, 0.4) is 0 Å². The number of amides is 1. The number of carbonyl (C=O) groups excluding carboxylic acids is 1. The van der Waals surface area contributed by atoms with Crippen LogP contribution in [0.5, 0.6) is 5.88 Å². The number of rotatable bonds is 6. The van der Waals surface area contributed by atoms with E-state index in [2.05, 4.69) is 14.7 Å². The number of pyridine rings is 2. The second-order valence-electron chi connectivity index (χ2n) is 8.63. The van der Waals surface area contributed by atoms with Crippen molar-refractivity contribution in [3.8, 4) is 17.0 Å². The molecule has 0 radical (unpaired) electrons. The van der Waals surface area contributed by atoms with E-state index in [1.807, 2.05) is 19.2 Å².